The third kappa shape index (κ3) is 1.82. The maximum Gasteiger partial charge on any atom is 0.222 e. The van der Waals surface area contributed by atoms with Gasteiger partial charge < -0.3 is 15.4 Å². The van der Waals surface area contributed by atoms with Crippen LogP contribution in [-0.4, -0.2) is 10.4 Å². The van der Waals surface area contributed by atoms with Crippen LogP contribution in [0, 0.1) is 0 Å². The molecule has 1 aromatic heterocycles. The van der Waals surface area contributed by atoms with E-state index in [0.29, 0.717) is 6.54 Å². The summed E-state index contributed by atoms with van der Waals surface area (Å²) in [6.07, 6.45) is 1.49. The third-order valence-electron chi connectivity index (χ3n) is 1.79. The Morgan fingerprint density at radius 3 is 2.64 bits per heavy atom. The molecule has 0 atom stereocenters. The molecule has 2 N–H and O–H groups in total. The molecule has 5 nitrogen and oxygen atoms in total. The van der Waals surface area contributed by atoms with Gasteiger partial charge in [-0.05, 0) is 24.3 Å². The molecule has 0 spiro atoms. The summed E-state index contributed by atoms with van der Waals surface area (Å²) >= 11 is 0. The van der Waals surface area contributed by atoms with Crippen molar-refractivity contribution >= 4 is 5.88 Å². The lowest BCUT2D eigenvalue weighted by molar-refractivity contribution is -0.754. The molecule has 5 heteroatoms. The zero-order chi connectivity index (χ0) is 9.97. The summed E-state index contributed by atoms with van der Waals surface area (Å²) in [5.74, 6) is 0.267. The maximum atomic E-state index is 9.06. The normalized spacial score (nSPS) is 10.3. The molecule has 1 aromatic carbocycles. The fourth-order valence-electron chi connectivity index (χ4n) is 1.14. The predicted molar refractivity (Wildman–Crippen MR) is 47.9 cm³/mol. The lowest BCUT2D eigenvalue weighted by Crippen LogP contribution is -2.34. The van der Waals surface area contributed by atoms with Gasteiger partial charge in [-0.2, -0.15) is 0 Å². The van der Waals surface area contributed by atoms with Crippen molar-refractivity contribution in [3.63, 3.8) is 0 Å². The number of hydrogen-bond donors (Lipinski definition) is 1. The number of phenolic OH excluding ortho intramolecular Hbond substituents is 1. The molecule has 72 valence electrons. The number of phenols is 1. The molecule has 0 saturated carbocycles. The number of rotatable bonds is 2. The van der Waals surface area contributed by atoms with Crippen LogP contribution in [0.1, 0.15) is 5.56 Å². The van der Waals surface area contributed by atoms with Crippen LogP contribution >= 0.6 is 0 Å². The number of benzene rings is 1. The van der Waals surface area contributed by atoms with Crippen LogP contribution in [0.3, 0.4) is 0 Å². The maximum absolute atomic E-state index is 9.06. The molecule has 1 heterocycles. The second-order valence-electron chi connectivity index (χ2n) is 2.93. The smallest absolute Gasteiger partial charge is 0.222 e. The second-order valence-corrected chi connectivity index (χ2v) is 2.93. The fourth-order valence-corrected chi connectivity index (χ4v) is 1.14. The molecule has 0 aliphatic carbocycles. The first-order valence-corrected chi connectivity index (χ1v) is 4.10. The summed E-state index contributed by atoms with van der Waals surface area (Å²) in [7, 11) is 0. The number of aromatic hydroxyl groups is 1. The summed E-state index contributed by atoms with van der Waals surface area (Å²) in [6.45, 7) is 0.530. The summed E-state index contributed by atoms with van der Waals surface area (Å²) in [5, 5.41) is 12.7. The minimum absolute atomic E-state index is 0.0313. The van der Waals surface area contributed by atoms with Crippen molar-refractivity contribution in [2.45, 2.75) is 6.54 Å². The Labute approximate surface area is 80.4 Å². The van der Waals surface area contributed by atoms with Crippen LogP contribution < -0.4 is 4.68 Å². The van der Waals surface area contributed by atoms with Gasteiger partial charge in [-0.25, -0.2) is 0 Å². The first-order chi connectivity index (χ1) is 6.74. The van der Waals surface area contributed by atoms with Crippen LogP contribution in [0.4, 0.5) is 5.88 Å². The average Bonchev–Trinajstić information content (AvgIpc) is 2.56. The Kier molecular flexibility index (Phi) is 2.06. The molecule has 2 rings (SSSR count). The van der Waals surface area contributed by atoms with Crippen LogP contribution in [0.25, 0.3) is 5.73 Å². The number of nitrogens with one attached hydrogen (secondary N) is 1. The summed E-state index contributed by atoms with van der Waals surface area (Å²) in [6, 6.07) is 6.80. The van der Waals surface area contributed by atoms with Gasteiger partial charge in [0.2, 0.25) is 12.7 Å². The van der Waals surface area contributed by atoms with Crippen molar-refractivity contribution in [2.75, 3.05) is 0 Å². The van der Waals surface area contributed by atoms with Gasteiger partial charge in [-0.15, -0.1) is 0 Å². The quantitative estimate of drug-likeness (QED) is 0.729. The second kappa shape index (κ2) is 3.37. The Morgan fingerprint density at radius 1 is 1.36 bits per heavy atom. The monoisotopic (exact) mass is 191 g/mol. The van der Waals surface area contributed by atoms with Crippen molar-refractivity contribution in [1.29, 1.82) is 0 Å². The fraction of sp³-hybridized carbons (Fsp3) is 0.111. The molecule has 0 unspecified atom stereocenters. The van der Waals surface area contributed by atoms with E-state index in [4.69, 9.17) is 10.8 Å². The zero-order valence-corrected chi connectivity index (χ0v) is 7.34. The van der Waals surface area contributed by atoms with E-state index >= 15 is 0 Å². The van der Waals surface area contributed by atoms with E-state index < -0.39 is 0 Å². The molecule has 0 amide bonds. The Morgan fingerprint density at radius 2 is 2.07 bits per heavy atom. The van der Waals surface area contributed by atoms with Crippen LogP contribution in [-0.2, 0) is 6.54 Å². The molecule has 0 bridgehead atoms. The standard InChI is InChI=1S/C9H9N3O2/c10-9-6-12(11-14-9)5-7-1-3-8(13)4-2-7/h1-4,6H,5H2,(H2-,10,11,13). The Bertz CT molecular complexity index is 422. The van der Waals surface area contributed by atoms with Gasteiger partial charge in [-0.3, -0.25) is 0 Å². The number of hydrogen-bond acceptors (Lipinski definition) is 3. The predicted octanol–water partition coefficient (Wildman–Crippen LogP) is 1.40. The van der Waals surface area contributed by atoms with Gasteiger partial charge in [0, 0.05) is 5.56 Å². The van der Waals surface area contributed by atoms with Gasteiger partial charge in [0.25, 0.3) is 0 Å². The first-order valence-electron chi connectivity index (χ1n) is 4.10. The highest BCUT2D eigenvalue weighted by atomic mass is 16.5. The van der Waals surface area contributed by atoms with Gasteiger partial charge >= 0.3 is 0 Å². The molecule has 0 fully saturated rings. The van der Waals surface area contributed by atoms with Gasteiger partial charge in [-0.1, -0.05) is 4.68 Å². The van der Waals surface area contributed by atoms with E-state index in [1.54, 1.807) is 24.3 Å². The van der Waals surface area contributed by atoms with Crippen molar-refractivity contribution in [1.82, 2.24) is 5.27 Å². The minimum atomic E-state index is 0.0313. The highest BCUT2D eigenvalue weighted by molar-refractivity contribution is 5.25. The van der Waals surface area contributed by atoms with Gasteiger partial charge in [0.1, 0.15) is 11.6 Å². The van der Waals surface area contributed by atoms with E-state index in [1.165, 1.54) is 10.9 Å². The van der Waals surface area contributed by atoms with Crippen molar-refractivity contribution in [2.24, 2.45) is 0 Å². The highest BCUT2D eigenvalue weighted by Gasteiger charge is 2.06. The number of aromatic nitrogens is 2. The largest absolute Gasteiger partial charge is 0.660 e. The van der Waals surface area contributed by atoms with Crippen LogP contribution in [0.5, 0.6) is 5.75 Å². The molecule has 0 aliphatic rings. The van der Waals surface area contributed by atoms with E-state index in [2.05, 4.69) is 9.79 Å². The topological polar surface area (TPSA) is 73.9 Å². The molecule has 0 saturated heterocycles. The Hall–Kier alpha value is -2.04. The van der Waals surface area contributed by atoms with E-state index in [1.807, 2.05) is 0 Å². The van der Waals surface area contributed by atoms with E-state index in [0.717, 1.165) is 5.56 Å². The zero-order valence-electron chi connectivity index (χ0n) is 7.34. The molecule has 0 radical (unpaired) electrons. The average molecular weight is 191 g/mol. The van der Waals surface area contributed by atoms with E-state index in [-0.39, 0.29) is 11.6 Å². The minimum Gasteiger partial charge on any atom is -0.660 e. The number of nitrogens with zero attached hydrogens (tertiary/aromatic N) is 2. The SMILES string of the molecule is [NH-]c1c[n+](Cc2ccc(O)cc2)no1. The van der Waals surface area contributed by atoms with Crippen molar-refractivity contribution in [3.05, 3.63) is 41.8 Å². The summed E-state index contributed by atoms with van der Waals surface area (Å²) in [4.78, 5) is 0. The third-order valence-corrected chi connectivity index (χ3v) is 1.79. The van der Waals surface area contributed by atoms with E-state index in [9.17, 15) is 0 Å². The Balaban J connectivity index is 2.15. The molecule has 0 aliphatic heterocycles. The molecular weight excluding hydrogens is 182 g/mol. The molecular formula is C9H9N3O2. The van der Waals surface area contributed by atoms with Crippen molar-refractivity contribution in [3.8, 4) is 5.75 Å². The molecule has 14 heavy (non-hydrogen) atoms. The highest BCUT2D eigenvalue weighted by Crippen LogP contribution is 2.09. The van der Waals surface area contributed by atoms with Crippen molar-refractivity contribution < 1.29 is 14.3 Å². The van der Waals surface area contributed by atoms with Gasteiger partial charge in [0.15, 0.2) is 5.27 Å². The van der Waals surface area contributed by atoms with Crippen LogP contribution in [0.15, 0.2) is 35.0 Å². The summed E-state index contributed by atoms with van der Waals surface area (Å²) in [5.41, 5.74) is 8.11. The lowest BCUT2D eigenvalue weighted by Gasteiger charge is -1.93. The first kappa shape index (κ1) is 8.55. The van der Waals surface area contributed by atoms with Crippen LogP contribution in [0.2, 0.25) is 0 Å². The molecule has 2 aromatic rings. The summed E-state index contributed by atoms with van der Waals surface area (Å²) < 4.78 is 6.11. The van der Waals surface area contributed by atoms with Gasteiger partial charge in [0.05, 0.1) is 0 Å². The lowest BCUT2D eigenvalue weighted by atomic mass is 10.2.